The molecular formula is C26H44ClNO10. The van der Waals surface area contributed by atoms with E-state index in [1.54, 1.807) is 12.1 Å². The average molecular weight is 566 g/mol. The third-order valence-electron chi connectivity index (χ3n) is 4.95. The van der Waals surface area contributed by atoms with Crippen LogP contribution in [0.1, 0.15) is 25.7 Å². The van der Waals surface area contributed by atoms with Crippen LogP contribution < -0.4 is 4.74 Å². The second-order valence-electron chi connectivity index (χ2n) is 7.99. The van der Waals surface area contributed by atoms with Gasteiger partial charge >= 0.3 is 0 Å². The molecule has 1 aromatic carbocycles. The van der Waals surface area contributed by atoms with Crippen LogP contribution in [0, 0.1) is 10.1 Å². The Hall–Kier alpha value is -1.57. The molecule has 1 aromatic rings. The molecular weight excluding hydrogens is 522 g/mol. The predicted molar refractivity (Wildman–Crippen MR) is 144 cm³/mol. The second kappa shape index (κ2) is 27.0. The predicted octanol–water partition coefficient (Wildman–Crippen LogP) is 3.89. The number of unbranched alkanes of at least 4 members (excludes halogenated alkanes) is 3. The molecule has 0 saturated carbocycles. The highest BCUT2D eigenvalue weighted by Crippen LogP contribution is 2.17. The van der Waals surface area contributed by atoms with Crippen LogP contribution in [-0.4, -0.2) is 110 Å². The van der Waals surface area contributed by atoms with Crippen molar-refractivity contribution in [3.8, 4) is 5.75 Å². The van der Waals surface area contributed by atoms with Crippen molar-refractivity contribution >= 4 is 17.3 Å². The average Bonchev–Trinajstić information content (AvgIpc) is 2.93. The van der Waals surface area contributed by atoms with Gasteiger partial charge < -0.3 is 37.9 Å². The van der Waals surface area contributed by atoms with Gasteiger partial charge in [0.05, 0.1) is 90.8 Å². The topological polar surface area (TPSA) is 117 Å². The molecule has 12 heteroatoms. The van der Waals surface area contributed by atoms with E-state index in [9.17, 15) is 10.1 Å². The molecule has 38 heavy (non-hydrogen) atoms. The number of hydrogen-bond acceptors (Lipinski definition) is 10. The Balaban J connectivity index is 1.68. The van der Waals surface area contributed by atoms with Crippen LogP contribution in [0.4, 0.5) is 5.69 Å². The molecule has 0 saturated heterocycles. The van der Waals surface area contributed by atoms with E-state index >= 15 is 0 Å². The van der Waals surface area contributed by atoms with E-state index in [2.05, 4.69) is 0 Å². The quantitative estimate of drug-likeness (QED) is 0.0612. The fourth-order valence-corrected chi connectivity index (χ4v) is 3.15. The molecule has 0 aromatic heterocycles. The minimum absolute atomic E-state index is 0.0303. The first kappa shape index (κ1) is 34.5. The van der Waals surface area contributed by atoms with Gasteiger partial charge in [-0.15, -0.1) is 11.6 Å². The van der Waals surface area contributed by atoms with Crippen LogP contribution in [0.15, 0.2) is 24.3 Å². The molecule has 0 aliphatic rings. The van der Waals surface area contributed by atoms with Gasteiger partial charge in [0.15, 0.2) is 0 Å². The summed E-state index contributed by atoms with van der Waals surface area (Å²) in [6, 6.07) is 5.92. The van der Waals surface area contributed by atoms with Crippen molar-refractivity contribution in [2.75, 3.05) is 105 Å². The summed E-state index contributed by atoms with van der Waals surface area (Å²) in [6.07, 6.45) is 4.48. The van der Waals surface area contributed by atoms with Gasteiger partial charge in [-0.1, -0.05) is 12.8 Å². The maximum Gasteiger partial charge on any atom is 0.269 e. The lowest BCUT2D eigenvalue weighted by atomic mass is 10.2. The smallest absolute Gasteiger partial charge is 0.269 e. The van der Waals surface area contributed by atoms with Crippen molar-refractivity contribution in [1.29, 1.82) is 0 Å². The van der Waals surface area contributed by atoms with Gasteiger partial charge in [-0.2, -0.15) is 0 Å². The summed E-state index contributed by atoms with van der Waals surface area (Å²) in [4.78, 5) is 10.2. The molecule has 0 fully saturated rings. The van der Waals surface area contributed by atoms with Crippen LogP contribution in [0.3, 0.4) is 0 Å². The van der Waals surface area contributed by atoms with Crippen LogP contribution in [0.5, 0.6) is 5.75 Å². The van der Waals surface area contributed by atoms with E-state index in [4.69, 9.17) is 49.5 Å². The second-order valence-corrected chi connectivity index (χ2v) is 8.37. The lowest BCUT2D eigenvalue weighted by Gasteiger charge is -2.09. The van der Waals surface area contributed by atoms with Crippen molar-refractivity contribution in [2.45, 2.75) is 25.7 Å². The maximum atomic E-state index is 10.6. The van der Waals surface area contributed by atoms with Crippen LogP contribution in [0.25, 0.3) is 0 Å². The van der Waals surface area contributed by atoms with Crippen molar-refractivity contribution in [3.63, 3.8) is 0 Å². The lowest BCUT2D eigenvalue weighted by molar-refractivity contribution is -0.384. The summed E-state index contributed by atoms with van der Waals surface area (Å²) in [7, 11) is 0. The van der Waals surface area contributed by atoms with Gasteiger partial charge in [-0.3, -0.25) is 10.1 Å². The minimum Gasteiger partial charge on any atom is -0.491 e. The molecule has 0 aliphatic heterocycles. The molecule has 0 bridgehead atoms. The number of rotatable bonds is 29. The van der Waals surface area contributed by atoms with Crippen LogP contribution >= 0.6 is 11.6 Å². The van der Waals surface area contributed by atoms with Crippen molar-refractivity contribution in [1.82, 2.24) is 0 Å². The molecule has 1 rings (SSSR count). The first-order valence-corrected chi connectivity index (χ1v) is 13.7. The Morgan fingerprint density at radius 1 is 0.526 bits per heavy atom. The third-order valence-corrected chi connectivity index (χ3v) is 5.22. The standard InChI is InChI=1S/C26H44ClNO10/c27-9-3-1-2-4-10-31-11-12-32-13-14-33-15-16-34-17-18-35-19-20-36-21-22-37-23-24-38-26-7-5-25(6-8-26)28(29)30/h5-8H,1-4,9-24H2. The maximum absolute atomic E-state index is 10.6. The number of alkyl halides is 1. The molecule has 0 unspecified atom stereocenters. The van der Waals surface area contributed by atoms with Crippen molar-refractivity contribution in [3.05, 3.63) is 34.4 Å². The number of ether oxygens (including phenoxy) is 8. The number of nitrogens with zero attached hydrogens (tertiary/aromatic N) is 1. The Labute approximate surface area is 231 Å². The number of nitro groups is 1. The molecule has 11 nitrogen and oxygen atoms in total. The van der Waals surface area contributed by atoms with E-state index in [1.807, 2.05) is 0 Å². The summed E-state index contributed by atoms with van der Waals surface area (Å²) in [5, 5.41) is 10.6. The van der Waals surface area contributed by atoms with Crippen molar-refractivity contribution in [2.24, 2.45) is 0 Å². The lowest BCUT2D eigenvalue weighted by Crippen LogP contribution is -2.15. The number of benzene rings is 1. The van der Waals surface area contributed by atoms with Crippen molar-refractivity contribution < 1.29 is 42.8 Å². The molecule has 0 aliphatic carbocycles. The van der Waals surface area contributed by atoms with Gasteiger partial charge in [0, 0.05) is 24.6 Å². The SMILES string of the molecule is O=[N+]([O-])c1ccc(OCCOCCOCCOCCOCCOCCOCCOCCCCCCCl)cc1. The molecule has 0 atom stereocenters. The monoisotopic (exact) mass is 565 g/mol. The summed E-state index contributed by atoms with van der Waals surface area (Å²) in [5.41, 5.74) is 0.0303. The first-order valence-electron chi connectivity index (χ1n) is 13.2. The zero-order valence-corrected chi connectivity index (χ0v) is 23.1. The number of nitro benzene ring substituents is 1. The Morgan fingerprint density at radius 2 is 0.895 bits per heavy atom. The highest BCUT2D eigenvalue weighted by Gasteiger charge is 2.04. The van der Waals surface area contributed by atoms with Gasteiger partial charge in [-0.25, -0.2) is 0 Å². The third kappa shape index (κ3) is 22.4. The summed E-state index contributed by atoms with van der Waals surface area (Å²) < 4.78 is 43.6. The number of halogens is 1. The first-order chi connectivity index (χ1) is 18.7. The zero-order chi connectivity index (χ0) is 27.4. The molecule has 0 heterocycles. The van der Waals surface area contributed by atoms with Gasteiger partial charge in [-0.05, 0) is 25.0 Å². The Bertz CT molecular complexity index is 653. The van der Waals surface area contributed by atoms with Gasteiger partial charge in [0.25, 0.3) is 5.69 Å². The zero-order valence-electron chi connectivity index (χ0n) is 22.4. The van der Waals surface area contributed by atoms with E-state index in [0.29, 0.717) is 98.2 Å². The summed E-state index contributed by atoms with van der Waals surface area (Å²) in [5.74, 6) is 1.30. The van der Waals surface area contributed by atoms with Crippen LogP contribution in [0.2, 0.25) is 0 Å². The van der Waals surface area contributed by atoms with Gasteiger partial charge in [0.1, 0.15) is 12.4 Å². The Morgan fingerprint density at radius 3 is 1.29 bits per heavy atom. The molecule has 0 amide bonds. The molecule has 220 valence electrons. The molecule has 0 N–H and O–H groups in total. The van der Waals surface area contributed by atoms with E-state index < -0.39 is 4.92 Å². The summed E-state index contributed by atoms with van der Waals surface area (Å²) in [6.45, 7) is 7.69. The van der Waals surface area contributed by atoms with Gasteiger partial charge in [0.2, 0.25) is 0 Å². The molecule has 0 spiro atoms. The largest absolute Gasteiger partial charge is 0.491 e. The normalized spacial score (nSPS) is 11.2. The molecule has 0 radical (unpaired) electrons. The minimum atomic E-state index is -0.449. The van der Waals surface area contributed by atoms with E-state index in [0.717, 1.165) is 31.7 Å². The number of non-ortho nitro benzene ring substituents is 1. The van der Waals surface area contributed by atoms with E-state index in [1.165, 1.54) is 18.6 Å². The van der Waals surface area contributed by atoms with Crippen LogP contribution in [-0.2, 0) is 33.2 Å². The number of hydrogen-bond donors (Lipinski definition) is 0. The highest BCUT2D eigenvalue weighted by atomic mass is 35.5. The Kier molecular flexibility index (Phi) is 24.5. The van der Waals surface area contributed by atoms with E-state index in [-0.39, 0.29) is 5.69 Å². The fourth-order valence-electron chi connectivity index (χ4n) is 2.96. The highest BCUT2D eigenvalue weighted by molar-refractivity contribution is 6.17. The summed E-state index contributed by atoms with van der Waals surface area (Å²) >= 11 is 5.64. The fraction of sp³-hybridized carbons (Fsp3) is 0.769.